The molecule has 1 amide bonds. The van der Waals surface area contributed by atoms with Crippen LogP contribution in [0, 0.1) is 27.7 Å². The zero-order chi connectivity index (χ0) is 24.5. The Labute approximate surface area is 199 Å². The molecular formula is C26H26N4O3S. The maximum atomic E-state index is 12.9. The summed E-state index contributed by atoms with van der Waals surface area (Å²) in [6.07, 6.45) is 1.71. The maximum absolute atomic E-state index is 12.9. The molecule has 0 aliphatic carbocycles. The van der Waals surface area contributed by atoms with Gasteiger partial charge < -0.3 is 9.88 Å². The number of nitrogens with one attached hydrogen (secondary N) is 2. The molecule has 4 rings (SSSR count). The predicted molar refractivity (Wildman–Crippen MR) is 134 cm³/mol. The van der Waals surface area contributed by atoms with E-state index in [-0.39, 0.29) is 10.8 Å². The average Bonchev–Trinajstić information content (AvgIpc) is 3.11. The molecule has 0 atom stereocenters. The van der Waals surface area contributed by atoms with E-state index in [1.54, 1.807) is 30.5 Å². The monoisotopic (exact) mass is 474 g/mol. The summed E-state index contributed by atoms with van der Waals surface area (Å²) in [6.45, 7) is 7.68. The fourth-order valence-electron chi connectivity index (χ4n) is 3.77. The predicted octanol–water partition coefficient (Wildman–Crippen LogP) is 5.16. The van der Waals surface area contributed by atoms with Crippen molar-refractivity contribution in [3.8, 4) is 5.82 Å². The summed E-state index contributed by atoms with van der Waals surface area (Å²) >= 11 is 0. The summed E-state index contributed by atoms with van der Waals surface area (Å²) in [7, 11) is -3.75. The number of hydrogen-bond acceptors (Lipinski definition) is 4. The van der Waals surface area contributed by atoms with Gasteiger partial charge in [0.2, 0.25) is 0 Å². The van der Waals surface area contributed by atoms with Gasteiger partial charge in [0.05, 0.1) is 10.5 Å². The fourth-order valence-corrected chi connectivity index (χ4v) is 4.82. The SMILES string of the molecule is Cc1ccc(NS(=O)(=O)c2ccc(NC(=O)c3cc(C)n(-c4ccccn4)c3C)cc2)cc1C. The van der Waals surface area contributed by atoms with Gasteiger partial charge in [-0.1, -0.05) is 12.1 Å². The van der Waals surface area contributed by atoms with Crippen LogP contribution in [-0.4, -0.2) is 23.9 Å². The molecule has 0 fully saturated rings. The minimum atomic E-state index is -3.75. The van der Waals surface area contributed by atoms with Gasteiger partial charge in [-0.25, -0.2) is 13.4 Å². The highest BCUT2D eigenvalue weighted by Gasteiger charge is 2.18. The lowest BCUT2D eigenvalue weighted by atomic mass is 10.1. The molecule has 34 heavy (non-hydrogen) atoms. The van der Waals surface area contributed by atoms with Crippen molar-refractivity contribution >= 4 is 27.3 Å². The summed E-state index contributed by atoms with van der Waals surface area (Å²) in [5.41, 5.74) is 5.27. The molecule has 7 nitrogen and oxygen atoms in total. The standard InChI is InChI=1S/C26H26N4O3S/c1-17-8-9-22(15-18(17)2)29-34(32,33)23-12-10-21(11-13-23)28-26(31)24-16-19(3)30(20(24)4)25-7-5-6-14-27-25/h5-16,29H,1-4H3,(H,28,31). The Morgan fingerprint density at radius 2 is 1.56 bits per heavy atom. The van der Waals surface area contributed by atoms with Crippen molar-refractivity contribution in [3.63, 3.8) is 0 Å². The highest BCUT2D eigenvalue weighted by molar-refractivity contribution is 7.92. The molecule has 2 aromatic heterocycles. The lowest BCUT2D eigenvalue weighted by Gasteiger charge is -2.11. The molecule has 8 heteroatoms. The number of pyridine rings is 1. The molecule has 0 aliphatic heterocycles. The van der Waals surface area contributed by atoms with Crippen LogP contribution in [-0.2, 0) is 10.0 Å². The van der Waals surface area contributed by atoms with E-state index in [2.05, 4.69) is 15.0 Å². The third-order valence-electron chi connectivity index (χ3n) is 5.74. The molecule has 4 aromatic rings. The van der Waals surface area contributed by atoms with Crippen LogP contribution in [0.1, 0.15) is 32.9 Å². The lowest BCUT2D eigenvalue weighted by molar-refractivity contribution is 0.102. The first-order valence-corrected chi connectivity index (χ1v) is 12.3. The first-order chi connectivity index (χ1) is 16.2. The number of anilines is 2. The van der Waals surface area contributed by atoms with Gasteiger partial charge in [-0.2, -0.15) is 0 Å². The van der Waals surface area contributed by atoms with Crippen LogP contribution in [0.2, 0.25) is 0 Å². The number of nitrogens with zero attached hydrogens (tertiary/aromatic N) is 2. The van der Waals surface area contributed by atoms with E-state index in [9.17, 15) is 13.2 Å². The summed E-state index contributed by atoms with van der Waals surface area (Å²) in [6, 6.07) is 18.9. The van der Waals surface area contributed by atoms with Crippen LogP contribution >= 0.6 is 0 Å². The number of benzene rings is 2. The van der Waals surface area contributed by atoms with E-state index in [1.807, 2.05) is 62.6 Å². The minimum Gasteiger partial charge on any atom is -0.322 e. The molecule has 0 saturated carbocycles. The van der Waals surface area contributed by atoms with Crippen molar-refractivity contribution in [3.05, 3.63) is 101 Å². The van der Waals surface area contributed by atoms with Crippen LogP contribution in [0.3, 0.4) is 0 Å². The van der Waals surface area contributed by atoms with Crippen molar-refractivity contribution in [1.82, 2.24) is 9.55 Å². The maximum Gasteiger partial charge on any atom is 0.261 e. The summed E-state index contributed by atoms with van der Waals surface area (Å²) in [5.74, 6) is 0.460. The molecule has 2 aromatic carbocycles. The number of amides is 1. The van der Waals surface area contributed by atoms with Crippen molar-refractivity contribution < 1.29 is 13.2 Å². The second-order valence-electron chi connectivity index (χ2n) is 8.19. The third-order valence-corrected chi connectivity index (χ3v) is 7.13. The summed E-state index contributed by atoms with van der Waals surface area (Å²) in [5, 5.41) is 2.85. The Balaban J connectivity index is 1.51. The van der Waals surface area contributed by atoms with Crippen molar-refractivity contribution in [2.45, 2.75) is 32.6 Å². The smallest absolute Gasteiger partial charge is 0.261 e. The van der Waals surface area contributed by atoms with E-state index in [0.717, 1.165) is 28.3 Å². The molecule has 2 N–H and O–H groups in total. The van der Waals surface area contributed by atoms with Gasteiger partial charge >= 0.3 is 0 Å². The number of aryl methyl sites for hydroxylation is 3. The third kappa shape index (κ3) is 4.72. The molecular weight excluding hydrogens is 448 g/mol. The number of carbonyl (C=O) groups is 1. The molecule has 0 aliphatic rings. The Kier molecular flexibility index (Phi) is 6.26. The fraction of sp³-hybridized carbons (Fsp3) is 0.154. The van der Waals surface area contributed by atoms with E-state index in [1.165, 1.54) is 12.1 Å². The summed E-state index contributed by atoms with van der Waals surface area (Å²) < 4.78 is 30.0. The van der Waals surface area contributed by atoms with Crippen LogP contribution in [0.25, 0.3) is 5.82 Å². The molecule has 0 saturated heterocycles. The van der Waals surface area contributed by atoms with E-state index in [0.29, 0.717) is 16.9 Å². The van der Waals surface area contributed by atoms with Gasteiger partial charge in [-0.15, -0.1) is 0 Å². The van der Waals surface area contributed by atoms with Gasteiger partial charge in [0.15, 0.2) is 0 Å². The van der Waals surface area contributed by atoms with Crippen LogP contribution < -0.4 is 10.0 Å². The molecule has 0 unspecified atom stereocenters. The first-order valence-electron chi connectivity index (χ1n) is 10.8. The number of aromatic nitrogens is 2. The average molecular weight is 475 g/mol. The van der Waals surface area contributed by atoms with Gasteiger partial charge in [-0.3, -0.25) is 9.52 Å². The van der Waals surface area contributed by atoms with Crippen LogP contribution in [0.15, 0.2) is 77.8 Å². The van der Waals surface area contributed by atoms with Gasteiger partial charge in [0.1, 0.15) is 5.82 Å². The van der Waals surface area contributed by atoms with Crippen molar-refractivity contribution in [2.24, 2.45) is 0 Å². The van der Waals surface area contributed by atoms with E-state index >= 15 is 0 Å². The Hall–Kier alpha value is -3.91. The second-order valence-corrected chi connectivity index (χ2v) is 9.87. The number of sulfonamides is 1. The molecule has 174 valence electrons. The molecule has 0 bridgehead atoms. The number of rotatable bonds is 6. The summed E-state index contributed by atoms with van der Waals surface area (Å²) in [4.78, 5) is 17.4. The quantitative estimate of drug-likeness (QED) is 0.404. The Morgan fingerprint density at radius 3 is 2.21 bits per heavy atom. The topological polar surface area (TPSA) is 93.1 Å². The molecule has 2 heterocycles. The largest absolute Gasteiger partial charge is 0.322 e. The van der Waals surface area contributed by atoms with E-state index < -0.39 is 10.0 Å². The molecule has 0 spiro atoms. The van der Waals surface area contributed by atoms with Gasteiger partial charge in [-0.05, 0) is 93.4 Å². The zero-order valence-electron chi connectivity index (χ0n) is 19.5. The Bertz CT molecular complexity index is 1460. The van der Waals surface area contributed by atoms with Crippen LogP contribution in [0.4, 0.5) is 11.4 Å². The zero-order valence-corrected chi connectivity index (χ0v) is 20.3. The van der Waals surface area contributed by atoms with E-state index in [4.69, 9.17) is 0 Å². The first kappa shape index (κ1) is 23.3. The Morgan fingerprint density at radius 1 is 0.853 bits per heavy atom. The second kappa shape index (κ2) is 9.15. The lowest BCUT2D eigenvalue weighted by Crippen LogP contribution is -2.15. The number of carbonyl (C=O) groups excluding carboxylic acids is 1. The minimum absolute atomic E-state index is 0.108. The highest BCUT2D eigenvalue weighted by Crippen LogP contribution is 2.23. The van der Waals surface area contributed by atoms with Gasteiger partial charge in [0.25, 0.3) is 15.9 Å². The van der Waals surface area contributed by atoms with Gasteiger partial charge in [0, 0.05) is 29.0 Å². The van der Waals surface area contributed by atoms with Crippen molar-refractivity contribution in [2.75, 3.05) is 10.0 Å². The molecule has 0 radical (unpaired) electrons. The normalized spacial score (nSPS) is 11.3. The van der Waals surface area contributed by atoms with Crippen LogP contribution in [0.5, 0.6) is 0 Å². The highest BCUT2D eigenvalue weighted by atomic mass is 32.2. The van der Waals surface area contributed by atoms with Crippen molar-refractivity contribution in [1.29, 1.82) is 0 Å². The number of hydrogen-bond donors (Lipinski definition) is 2.